The predicted molar refractivity (Wildman–Crippen MR) is 102 cm³/mol. The number of carbonyl (C=O) groups is 1. The number of benzene rings is 1. The minimum absolute atomic E-state index is 0.00803. The highest BCUT2D eigenvalue weighted by molar-refractivity contribution is 5.71. The van der Waals surface area contributed by atoms with Crippen LogP contribution in [0.5, 0.6) is 11.5 Å². The first-order valence-electron chi connectivity index (χ1n) is 9.85. The lowest BCUT2D eigenvalue weighted by Crippen LogP contribution is -2.43. The van der Waals surface area contributed by atoms with Crippen molar-refractivity contribution >= 4 is 5.97 Å². The summed E-state index contributed by atoms with van der Waals surface area (Å²) in [6.45, 7) is 6.66. The van der Waals surface area contributed by atoms with Crippen LogP contribution in [-0.4, -0.2) is 50.8 Å². The molecule has 0 atom stereocenters. The van der Waals surface area contributed by atoms with Crippen molar-refractivity contribution in [3.8, 4) is 11.5 Å². The van der Waals surface area contributed by atoms with Crippen molar-refractivity contribution in [3.05, 3.63) is 35.2 Å². The lowest BCUT2D eigenvalue weighted by Gasteiger charge is -2.33. The first-order valence-corrected chi connectivity index (χ1v) is 9.85. The van der Waals surface area contributed by atoms with Crippen molar-refractivity contribution in [2.45, 2.75) is 44.3 Å². The fraction of sp³-hybridized carbons (Fsp3) is 0.619. The number of nitrogens with zero attached hydrogens (tertiary/aromatic N) is 2. The molecule has 8 heteroatoms. The average Bonchev–Trinajstić information content (AvgIpc) is 2.68. The third kappa shape index (κ3) is 5.15. The Morgan fingerprint density at radius 1 is 1.31 bits per heavy atom. The molecule has 1 aliphatic carbocycles. The van der Waals surface area contributed by atoms with Crippen LogP contribution in [0.15, 0.2) is 18.2 Å². The minimum atomic E-state index is -2.94. The molecule has 0 spiro atoms. The van der Waals surface area contributed by atoms with E-state index in [1.807, 2.05) is 4.90 Å². The molecular formula is C21H26F2N2O4. The van der Waals surface area contributed by atoms with Crippen LogP contribution in [0.1, 0.15) is 37.7 Å². The molecule has 3 rings (SSSR count). The quantitative estimate of drug-likeness (QED) is 0.483. The molecule has 1 aromatic carbocycles. The Kier molecular flexibility index (Phi) is 6.91. The molecule has 1 aromatic rings. The zero-order valence-electron chi connectivity index (χ0n) is 16.5. The second-order valence-corrected chi connectivity index (χ2v) is 7.64. The van der Waals surface area contributed by atoms with Crippen molar-refractivity contribution in [2.75, 3.05) is 33.4 Å². The van der Waals surface area contributed by atoms with E-state index in [0.717, 1.165) is 24.8 Å². The van der Waals surface area contributed by atoms with Crippen LogP contribution in [0.3, 0.4) is 0 Å². The van der Waals surface area contributed by atoms with Gasteiger partial charge in [0.15, 0.2) is 11.5 Å². The summed E-state index contributed by atoms with van der Waals surface area (Å²) in [4.78, 5) is 17.3. The van der Waals surface area contributed by atoms with E-state index in [9.17, 15) is 13.6 Å². The molecule has 0 radical (unpaired) electrons. The lowest BCUT2D eigenvalue weighted by molar-refractivity contribution is -0.142. The number of ether oxygens (including phenoxy) is 3. The van der Waals surface area contributed by atoms with Gasteiger partial charge in [-0.3, -0.25) is 9.69 Å². The third-order valence-corrected chi connectivity index (χ3v) is 5.87. The molecule has 2 aliphatic rings. The zero-order valence-corrected chi connectivity index (χ0v) is 16.5. The van der Waals surface area contributed by atoms with Gasteiger partial charge in [-0.25, -0.2) is 6.57 Å². The van der Waals surface area contributed by atoms with Gasteiger partial charge in [-0.15, -0.1) is 0 Å². The Bertz CT molecular complexity index is 754. The Hall–Kier alpha value is -2.40. The number of likely N-dealkylation sites (tertiary alicyclic amines) is 1. The van der Waals surface area contributed by atoms with E-state index in [1.54, 1.807) is 12.1 Å². The topological polar surface area (TPSA) is 52.4 Å². The van der Waals surface area contributed by atoms with Crippen molar-refractivity contribution in [1.82, 2.24) is 4.90 Å². The fourth-order valence-corrected chi connectivity index (χ4v) is 3.76. The molecule has 1 aliphatic heterocycles. The smallest absolute Gasteiger partial charge is 0.387 e. The maximum atomic E-state index is 12.8. The van der Waals surface area contributed by atoms with E-state index < -0.39 is 12.2 Å². The number of alkyl halides is 2. The second kappa shape index (κ2) is 9.40. The summed E-state index contributed by atoms with van der Waals surface area (Å²) >= 11 is 0. The van der Waals surface area contributed by atoms with Crippen LogP contribution in [0.25, 0.3) is 4.85 Å². The van der Waals surface area contributed by atoms with E-state index in [4.69, 9.17) is 16.0 Å². The van der Waals surface area contributed by atoms with Gasteiger partial charge in [-0.05, 0) is 37.0 Å². The van der Waals surface area contributed by atoms with E-state index in [0.29, 0.717) is 38.5 Å². The number of hydrogen-bond acceptors (Lipinski definition) is 5. The number of halogens is 2. The lowest BCUT2D eigenvalue weighted by atomic mass is 9.81. The highest BCUT2D eigenvalue weighted by Crippen LogP contribution is 2.41. The number of rotatable bonds is 8. The molecule has 0 aromatic heterocycles. The van der Waals surface area contributed by atoms with Crippen LogP contribution in [0, 0.1) is 12.5 Å². The number of carbonyl (C=O) groups excluding carboxylic acids is 1. The summed E-state index contributed by atoms with van der Waals surface area (Å²) in [5.41, 5.74) is -0.0414. The predicted octanol–water partition coefficient (Wildman–Crippen LogP) is 3.85. The van der Waals surface area contributed by atoms with E-state index in [2.05, 4.69) is 9.58 Å². The normalized spacial score (nSPS) is 19.3. The molecule has 29 heavy (non-hydrogen) atoms. The molecular weight excluding hydrogens is 382 g/mol. The van der Waals surface area contributed by atoms with Crippen LogP contribution >= 0.6 is 0 Å². The van der Waals surface area contributed by atoms with Crippen LogP contribution in [0.2, 0.25) is 0 Å². The highest BCUT2D eigenvalue weighted by atomic mass is 19.3. The Morgan fingerprint density at radius 3 is 2.59 bits per heavy atom. The number of piperidine rings is 1. The Labute approximate surface area is 169 Å². The van der Waals surface area contributed by atoms with Gasteiger partial charge in [-0.2, -0.15) is 8.78 Å². The van der Waals surface area contributed by atoms with Crippen LogP contribution < -0.4 is 9.47 Å². The van der Waals surface area contributed by atoms with Crippen molar-refractivity contribution in [1.29, 1.82) is 0 Å². The van der Waals surface area contributed by atoms with Gasteiger partial charge >= 0.3 is 12.6 Å². The summed E-state index contributed by atoms with van der Waals surface area (Å²) in [6, 6.07) is 4.80. The summed E-state index contributed by atoms with van der Waals surface area (Å²) in [6.07, 6.45) is 4.38. The van der Waals surface area contributed by atoms with Gasteiger partial charge in [-0.1, -0.05) is 6.42 Å². The average molecular weight is 408 g/mol. The number of esters is 1. The molecule has 2 fully saturated rings. The molecule has 1 heterocycles. The standard InChI is InChI=1S/C21H26F2N2O4/c1-24-21(8-10-25(11-9-21)13-19(26)27-2)16-6-7-17(29-20(22)23)18(12-16)28-14-15-4-3-5-15/h6-7,12,15,20H,3-5,8-11,13-14H2,2H3. The molecule has 1 saturated carbocycles. The maximum absolute atomic E-state index is 12.8. The fourth-order valence-electron chi connectivity index (χ4n) is 3.76. The largest absolute Gasteiger partial charge is 0.489 e. The second-order valence-electron chi connectivity index (χ2n) is 7.64. The van der Waals surface area contributed by atoms with Crippen molar-refractivity contribution in [3.63, 3.8) is 0 Å². The van der Waals surface area contributed by atoms with Gasteiger partial charge < -0.3 is 19.1 Å². The van der Waals surface area contributed by atoms with Crippen molar-refractivity contribution in [2.24, 2.45) is 5.92 Å². The molecule has 0 N–H and O–H groups in total. The zero-order chi connectivity index (χ0) is 20.9. The van der Waals surface area contributed by atoms with E-state index >= 15 is 0 Å². The van der Waals surface area contributed by atoms with E-state index in [-0.39, 0.29) is 24.0 Å². The van der Waals surface area contributed by atoms with E-state index in [1.165, 1.54) is 13.2 Å². The van der Waals surface area contributed by atoms with Crippen LogP contribution in [-0.2, 0) is 15.1 Å². The van der Waals surface area contributed by atoms with Gasteiger partial charge in [0, 0.05) is 31.5 Å². The number of methoxy groups -OCH3 is 1. The maximum Gasteiger partial charge on any atom is 0.387 e. The van der Waals surface area contributed by atoms with Gasteiger partial charge in [0.1, 0.15) is 0 Å². The molecule has 6 nitrogen and oxygen atoms in total. The summed E-state index contributed by atoms with van der Waals surface area (Å²) < 4.78 is 40.7. The Balaban J connectivity index is 1.76. The van der Waals surface area contributed by atoms with Gasteiger partial charge in [0.25, 0.3) is 5.54 Å². The van der Waals surface area contributed by atoms with Crippen LogP contribution in [0.4, 0.5) is 8.78 Å². The SMILES string of the molecule is [C-]#[N+]C1(c2ccc(OC(F)F)c(OCC3CCC3)c2)CCN(CC(=O)OC)CC1. The highest BCUT2D eigenvalue weighted by Gasteiger charge is 2.43. The summed E-state index contributed by atoms with van der Waals surface area (Å²) in [7, 11) is 1.35. The monoisotopic (exact) mass is 408 g/mol. The molecule has 0 unspecified atom stereocenters. The Morgan fingerprint density at radius 2 is 2.03 bits per heavy atom. The summed E-state index contributed by atoms with van der Waals surface area (Å²) in [5.74, 6) is 0.385. The van der Waals surface area contributed by atoms with Crippen molar-refractivity contribution < 1.29 is 27.8 Å². The first kappa shape index (κ1) is 21.3. The van der Waals surface area contributed by atoms with Gasteiger partial charge in [0.05, 0.1) is 20.3 Å². The molecule has 1 saturated heterocycles. The number of hydrogen-bond donors (Lipinski definition) is 0. The molecule has 158 valence electrons. The van der Waals surface area contributed by atoms with Gasteiger partial charge in [0.2, 0.25) is 0 Å². The summed E-state index contributed by atoms with van der Waals surface area (Å²) in [5, 5.41) is 0. The minimum Gasteiger partial charge on any atom is -0.489 e. The molecule has 0 bridgehead atoms. The third-order valence-electron chi connectivity index (χ3n) is 5.87. The molecule has 0 amide bonds. The first-order chi connectivity index (χ1) is 14.0.